The number of aryl methyl sites for hydroxylation is 2. The van der Waals surface area contributed by atoms with Crippen molar-refractivity contribution in [1.29, 1.82) is 0 Å². The number of benzene rings is 2. The van der Waals surface area contributed by atoms with E-state index in [0.29, 0.717) is 37.0 Å². The number of alkyl halides is 3. The Bertz CT molecular complexity index is 1770. The van der Waals surface area contributed by atoms with Gasteiger partial charge < -0.3 is 23.7 Å². The first-order valence-corrected chi connectivity index (χ1v) is 18.5. The van der Waals surface area contributed by atoms with Crippen molar-refractivity contribution < 1.29 is 23.5 Å². The molecule has 3 rings (SSSR count). The molecule has 0 radical (unpaired) electrons. The highest BCUT2D eigenvalue weighted by Gasteiger charge is 2.26. The summed E-state index contributed by atoms with van der Waals surface area (Å²) in [5.41, 5.74) is 3.11. The van der Waals surface area contributed by atoms with Gasteiger partial charge in [0.05, 0.1) is 34.1 Å². The molecular formula is C38H47Cl5N4O6. The second-order valence-corrected chi connectivity index (χ2v) is 14.5. The van der Waals surface area contributed by atoms with E-state index >= 15 is 0 Å². The summed E-state index contributed by atoms with van der Waals surface area (Å²) in [5.74, 6) is 1.88. The van der Waals surface area contributed by atoms with E-state index in [9.17, 15) is 14.4 Å². The average molecular weight is 833 g/mol. The van der Waals surface area contributed by atoms with Crippen LogP contribution in [0.4, 0.5) is 5.69 Å². The molecule has 3 aromatic rings. The van der Waals surface area contributed by atoms with Crippen LogP contribution in [0.5, 0.6) is 5.75 Å². The number of halogens is 5. The van der Waals surface area contributed by atoms with Gasteiger partial charge in [-0.05, 0) is 37.5 Å². The third-order valence-electron chi connectivity index (χ3n) is 7.10. The highest BCUT2D eigenvalue weighted by molar-refractivity contribution is 6.53. The summed E-state index contributed by atoms with van der Waals surface area (Å²) in [7, 11) is 1.64. The predicted octanol–water partition coefficient (Wildman–Crippen LogP) is 8.60. The van der Waals surface area contributed by atoms with Crippen LogP contribution in [0.15, 0.2) is 64.9 Å². The Kier molecular flexibility index (Phi) is 21.0. The van der Waals surface area contributed by atoms with Crippen molar-refractivity contribution in [2.24, 2.45) is 0 Å². The summed E-state index contributed by atoms with van der Waals surface area (Å²) < 4.78 is 16.7. The molecule has 0 saturated carbocycles. The van der Waals surface area contributed by atoms with E-state index in [1.165, 1.54) is 17.0 Å². The lowest BCUT2D eigenvalue weighted by Gasteiger charge is -2.31. The molecule has 2 amide bonds. The van der Waals surface area contributed by atoms with Gasteiger partial charge in [-0.2, -0.15) is 4.68 Å². The van der Waals surface area contributed by atoms with Crippen molar-refractivity contribution in [3.8, 4) is 23.8 Å². The Balaban J connectivity index is 0.000000416. The highest BCUT2D eigenvalue weighted by Crippen LogP contribution is 2.33. The fourth-order valence-corrected chi connectivity index (χ4v) is 5.59. The summed E-state index contributed by atoms with van der Waals surface area (Å²) in [6.45, 7) is 20.1. The largest absolute Gasteiger partial charge is 0.479 e. The fourth-order valence-electron chi connectivity index (χ4n) is 4.67. The number of carbonyl (C=O) groups is 2. The van der Waals surface area contributed by atoms with E-state index in [-0.39, 0.29) is 40.4 Å². The zero-order valence-electron chi connectivity index (χ0n) is 31.1. The molecule has 15 heteroatoms. The number of methoxy groups -OCH3 is 1. The molecule has 53 heavy (non-hydrogen) atoms. The van der Waals surface area contributed by atoms with E-state index in [1.54, 1.807) is 24.2 Å². The first-order valence-electron chi connectivity index (χ1n) is 16.3. The molecule has 2 aromatic carbocycles. The summed E-state index contributed by atoms with van der Waals surface area (Å²) >= 11 is 28.7. The second kappa shape index (κ2) is 23.4. The molecule has 10 nitrogen and oxygen atoms in total. The number of amides is 2. The molecule has 1 aromatic heterocycles. The van der Waals surface area contributed by atoms with Crippen LogP contribution in [0.1, 0.15) is 51.6 Å². The maximum atomic E-state index is 12.2. The molecule has 0 spiro atoms. The lowest BCUT2D eigenvalue weighted by atomic mass is 9.97. The zero-order chi connectivity index (χ0) is 40.5. The van der Waals surface area contributed by atoms with E-state index in [4.69, 9.17) is 78.3 Å². The third-order valence-corrected chi connectivity index (χ3v) is 8.30. The Morgan fingerprint density at radius 3 is 2.23 bits per heavy atom. The lowest BCUT2D eigenvalue weighted by Crippen LogP contribution is -2.43. The minimum absolute atomic E-state index is 0.0223. The van der Waals surface area contributed by atoms with Crippen LogP contribution in [-0.4, -0.2) is 76.7 Å². The smallest absolute Gasteiger partial charge is 0.442 e. The van der Waals surface area contributed by atoms with Crippen molar-refractivity contribution in [2.75, 3.05) is 44.2 Å². The average Bonchev–Trinajstić information content (AvgIpc) is 3.50. The number of para-hydroxylation sites is 1. The Morgan fingerprint density at radius 2 is 1.75 bits per heavy atom. The second-order valence-electron chi connectivity index (χ2n) is 12.3. The fraction of sp³-hybridized carbons (Fsp3) is 0.421. The first kappa shape index (κ1) is 47.6. The van der Waals surface area contributed by atoms with Gasteiger partial charge in [-0.3, -0.25) is 9.59 Å². The van der Waals surface area contributed by atoms with Gasteiger partial charge in [0.15, 0.2) is 4.84 Å². The maximum absolute atomic E-state index is 12.2. The van der Waals surface area contributed by atoms with Crippen molar-refractivity contribution >= 4 is 75.5 Å². The third kappa shape index (κ3) is 14.4. The van der Waals surface area contributed by atoms with Crippen LogP contribution in [0.25, 0.3) is 5.69 Å². The molecule has 0 saturated heterocycles. The van der Waals surface area contributed by atoms with Crippen LogP contribution in [-0.2, 0) is 26.2 Å². The molecule has 0 N–H and O–H groups in total. The highest BCUT2D eigenvalue weighted by atomic mass is 35.5. The minimum atomic E-state index is -1.01. The van der Waals surface area contributed by atoms with E-state index in [0.717, 1.165) is 27.9 Å². The summed E-state index contributed by atoms with van der Waals surface area (Å²) in [4.78, 5) is 37.6. The maximum Gasteiger partial charge on any atom is 0.442 e. The molecule has 0 bridgehead atoms. The molecule has 0 fully saturated rings. The van der Waals surface area contributed by atoms with Crippen LogP contribution in [0.3, 0.4) is 0 Å². The quantitative estimate of drug-likeness (QED) is 0.0910. The van der Waals surface area contributed by atoms with Gasteiger partial charge in [0, 0.05) is 31.7 Å². The lowest BCUT2D eigenvalue weighted by molar-refractivity contribution is -0.128. The number of aromatic nitrogens is 2. The number of rotatable bonds is 14. The van der Waals surface area contributed by atoms with Gasteiger partial charge in [-0.1, -0.05) is 110 Å². The number of ether oxygens (including phenoxy) is 2. The predicted molar refractivity (Wildman–Crippen MR) is 218 cm³/mol. The van der Waals surface area contributed by atoms with E-state index < -0.39 is 16.0 Å². The molecule has 1 atom stereocenters. The Labute approximate surface area is 337 Å². The van der Waals surface area contributed by atoms with Crippen LogP contribution >= 0.6 is 58.0 Å². The Hall–Kier alpha value is -3.43. The minimum Gasteiger partial charge on any atom is -0.479 e. The molecule has 0 aliphatic heterocycles. The molecular weight excluding hydrogens is 786 g/mol. The van der Waals surface area contributed by atoms with Crippen LogP contribution in [0.2, 0.25) is 10.0 Å². The standard InChI is InChI=1S/C15H14Cl2N2O3.C15H22ClNO2.C8H11Cl2NO/c1-5-6-21-12-8-11(9(16)7-10(12)17)19-14(20)22-13(18-19)15(2,3)4;1-5-13-8-6-7-11(2)15(13)17(14(18)9-16)12(3)10-19-4;1-3-5-11(6-4-2)8(12)7(9)10/h1,7-8H,6H2,2-4H3;6-8,12H,5,9-10H2,1-4H3;3-4,7H,1-2,5-6H2. The monoisotopic (exact) mass is 830 g/mol. The van der Waals surface area contributed by atoms with Crippen molar-refractivity contribution in [3.63, 3.8) is 0 Å². The number of nitrogens with zero attached hydrogens (tertiary/aromatic N) is 4. The molecule has 290 valence electrons. The topological polar surface area (TPSA) is 107 Å². The number of hydrogen-bond donors (Lipinski definition) is 0. The van der Waals surface area contributed by atoms with Gasteiger partial charge in [0.25, 0.3) is 5.91 Å². The summed E-state index contributed by atoms with van der Waals surface area (Å²) in [6, 6.07) is 9.00. The van der Waals surface area contributed by atoms with Crippen molar-refractivity contribution in [2.45, 2.75) is 64.3 Å². The first-order chi connectivity index (χ1) is 24.9. The van der Waals surface area contributed by atoms with Crippen molar-refractivity contribution in [1.82, 2.24) is 14.7 Å². The van der Waals surface area contributed by atoms with Gasteiger partial charge in [-0.25, -0.2) is 4.79 Å². The van der Waals surface area contributed by atoms with Gasteiger partial charge in [0.2, 0.25) is 11.8 Å². The molecule has 1 unspecified atom stereocenters. The van der Waals surface area contributed by atoms with Gasteiger partial charge >= 0.3 is 5.76 Å². The SMILES string of the molecule is C#CCOc1cc(-n2nc(C(C)(C)C)oc2=O)c(Cl)cc1Cl.C=CCN(CC=C)C(=O)C(Cl)Cl.CCc1cccc(C)c1N(C(=O)CCl)C(C)COC. The Morgan fingerprint density at radius 1 is 1.13 bits per heavy atom. The van der Waals surface area contributed by atoms with Crippen molar-refractivity contribution in [3.05, 3.63) is 93.3 Å². The number of anilines is 1. The molecule has 1 heterocycles. The van der Waals surface area contributed by atoms with Crippen LogP contribution in [0, 0.1) is 19.3 Å². The normalized spacial score (nSPS) is 11.2. The van der Waals surface area contributed by atoms with Crippen LogP contribution < -0.4 is 15.4 Å². The van der Waals surface area contributed by atoms with E-state index in [2.05, 4.69) is 37.2 Å². The number of terminal acetylenes is 1. The van der Waals surface area contributed by atoms with E-state index in [1.807, 2.05) is 46.8 Å². The summed E-state index contributed by atoms with van der Waals surface area (Å²) in [5, 5.41) is 4.71. The molecule has 0 aliphatic carbocycles. The number of hydrogen-bond acceptors (Lipinski definition) is 7. The summed E-state index contributed by atoms with van der Waals surface area (Å²) in [6.07, 6.45) is 9.25. The zero-order valence-corrected chi connectivity index (χ0v) is 34.8. The number of carbonyl (C=O) groups excluding carboxylic acids is 2. The van der Waals surface area contributed by atoms with Gasteiger partial charge in [-0.15, -0.1) is 36.3 Å². The molecule has 0 aliphatic rings. The van der Waals surface area contributed by atoms with Gasteiger partial charge in [0.1, 0.15) is 18.2 Å².